The van der Waals surface area contributed by atoms with Gasteiger partial charge in [-0.2, -0.15) is 0 Å². The SMILES string of the molecule is COCC(=O)NNC(=O)c1cc(OC)cc(OC)c1. The molecule has 0 bridgehead atoms. The fourth-order valence-corrected chi connectivity index (χ4v) is 1.30. The van der Waals surface area contributed by atoms with Crippen LogP contribution >= 0.6 is 0 Å². The summed E-state index contributed by atoms with van der Waals surface area (Å²) in [6.07, 6.45) is 0. The number of hydrogen-bond acceptors (Lipinski definition) is 5. The molecule has 0 aliphatic rings. The number of benzene rings is 1. The van der Waals surface area contributed by atoms with Crippen LogP contribution in [0.4, 0.5) is 0 Å². The highest BCUT2D eigenvalue weighted by Crippen LogP contribution is 2.22. The number of hydrogen-bond donors (Lipinski definition) is 2. The highest BCUT2D eigenvalue weighted by Gasteiger charge is 2.10. The van der Waals surface area contributed by atoms with Crippen molar-refractivity contribution >= 4 is 11.8 Å². The molecule has 1 rings (SSSR count). The number of methoxy groups -OCH3 is 3. The van der Waals surface area contributed by atoms with Crippen molar-refractivity contribution in [3.8, 4) is 11.5 Å². The third-order valence-corrected chi connectivity index (χ3v) is 2.20. The Morgan fingerprint density at radius 3 is 2.05 bits per heavy atom. The van der Waals surface area contributed by atoms with Crippen molar-refractivity contribution in [3.05, 3.63) is 23.8 Å². The third kappa shape index (κ3) is 4.47. The van der Waals surface area contributed by atoms with E-state index in [9.17, 15) is 9.59 Å². The minimum Gasteiger partial charge on any atom is -0.497 e. The van der Waals surface area contributed by atoms with Gasteiger partial charge in [0.15, 0.2) is 0 Å². The average molecular weight is 268 g/mol. The molecule has 0 radical (unpaired) electrons. The molecule has 1 aromatic rings. The summed E-state index contributed by atoms with van der Waals surface area (Å²) in [6, 6.07) is 4.70. The molecule has 7 nitrogen and oxygen atoms in total. The number of carbonyl (C=O) groups is 2. The Kier molecular flexibility index (Phi) is 5.62. The van der Waals surface area contributed by atoms with E-state index >= 15 is 0 Å². The molecule has 1 aromatic carbocycles. The van der Waals surface area contributed by atoms with Gasteiger partial charge in [0.05, 0.1) is 14.2 Å². The second kappa shape index (κ2) is 7.22. The largest absolute Gasteiger partial charge is 0.497 e. The summed E-state index contributed by atoms with van der Waals surface area (Å²) in [4.78, 5) is 22.9. The predicted molar refractivity (Wildman–Crippen MR) is 67.0 cm³/mol. The Morgan fingerprint density at radius 2 is 1.58 bits per heavy atom. The average Bonchev–Trinajstić information content (AvgIpc) is 2.44. The van der Waals surface area contributed by atoms with E-state index in [0.717, 1.165) is 0 Å². The van der Waals surface area contributed by atoms with Gasteiger partial charge >= 0.3 is 0 Å². The second-order valence-electron chi connectivity index (χ2n) is 3.54. The first-order valence-corrected chi connectivity index (χ1v) is 5.42. The summed E-state index contributed by atoms with van der Waals surface area (Å²) in [5.74, 6) is 0.0211. The van der Waals surface area contributed by atoms with E-state index in [2.05, 4.69) is 15.6 Å². The van der Waals surface area contributed by atoms with Crippen molar-refractivity contribution in [1.29, 1.82) is 0 Å². The van der Waals surface area contributed by atoms with E-state index in [-0.39, 0.29) is 6.61 Å². The van der Waals surface area contributed by atoms with Crippen molar-refractivity contribution in [2.45, 2.75) is 0 Å². The maximum Gasteiger partial charge on any atom is 0.269 e. The van der Waals surface area contributed by atoms with Crippen molar-refractivity contribution in [2.24, 2.45) is 0 Å². The van der Waals surface area contributed by atoms with Crippen LogP contribution in [0.1, 0.15) is 10.4 Å². The first kappa shape index (κ1) is 14.8. The zero-order valence-electron chi connectivity index (χ0n) is 11.0. The zero-order chi connectivity index (χ0) is 14.3. The first-order chi connectivity index (χ1) is 9.10. The van der Waals surface area contributed by atoms with Gasteiger partial charge in [0, 0.05) is 18.7 Å². The molecule has 0 saturated heterocycles. The van der Waals surface area contributed by atoms with E-state index in [4.69, 9.17) is 9.47 Å². The van der Waals surface area contributed by atoms with Gasteiger partial charge in [0.2, 0.25) is 0 Å². The van der Waals surface area contributed by atoms with E-state index in [1.807, 2.05) is 0 Å². The van der Waals surface area contributed by atoms with Crippen LogP contribution < -0.4 is 20.3 Å². The van der Waals surface area contributed by atoms with Gasteiger partial charge in [0.1, 0.15) is 18.1 Å². The molecule has 0 spiro atoms. The molecule has 2 N–H and O–H groups in total. The minimum atomic E-state index is -0.485. The van der Waals surface area contributed by atoms with Crippen molar-refractivity contribution in [3.63, 3.8) is 0 Å². The topological polar surface area (TPSA) is 85.9 Å². The minimum absolute atomic E-state index is 0.137. The number of rotatable bonds is 5. The Balaban J connectivity index is 2.73. The number of ether oxygens (including phenoxy) is 3. The summed E-state index contributed by atoms with van der Waals surface area (Å²) >= 11 is 0. The molecule has 0 aliphatic carbocycles. The van der Waals surface area contributed by atoms with Crippen LogP contribution in [0.3, 0.4) is 0 Å². The van der Waals surface area contributed by atoms with Gasteiger partial charge in [-0.25, -0.2) is 0 Å². The summed E-state index contributed by atoms with van der Waals surface area (Å²) in [5.41, 5.74) is 4.77. The molecular formula is C12H16N2O5. The molecule has 0 fully saturated rings. The smallest absolute Gasteiger partial charge is 0.269 e. The molecule has 0 aliphatic heterocycles. The number of hydrazine groups is 1. The van der Waals surface area contributed by atoms with Crippen LogP contribution in [0.2, 0.25) is 0 Å². The lowest BCUT2D eigenvalue weighted by molar-refractivity contribution is -0.125. The molecule has 0 aromatic heterocycles. The Labute approximate surface area is 110 Å². The maximum atomic E-state index is 11.8. The quantitative estimate of drug-likeness (QED) is 0.740. The lowest BCUT2D eigenvalue weighted by atomic mass is 10.2. The van der Waals surface area contributed by atoms with Crippen LogP contribution in [0.15, 0.2) is 18.2 Å². The molecule has 19 heavy (non-hydrogen) atoms. The summed E-state index contributed by atoms with van der Waals surface area (Å²) in [5, 5.41) is 0. The normalized spacial score (nSPS) is 9.63. The van der Waals surface area contributed by atoms with Crippen LogP contribution in [-0.4, -0.2) is 39.8 Å². The van der Waals surface area contributed by atoms with Gasteiger partial charge in [0.25, 0.3) is 11.8 Å². The third-order valence-electron chi connectivity index (χ3n) is 2.20. The van der Waals surface area contributed by atoms with Crippen molar-refractivity contribution in [2.75, 3.05) is 27.9 Å². The Morgan fingerprint density at radius 1 is 1.00 bits per heavy atom. The van der Waals surface area contributed by atoms with Crippen LogP contribution in [0, 0.1) is 0 Å². The lowest BCUT2D eigenvalue weighted by Gasteiger charge is -2.09. The number of carbonyl (C=O) groups excluding carboxylic acids is 2. The molecular weight excluding hydrogens is 252 g/mol. The van der Waals surface area contributed by atoms with Crippen LogP contribution in [0.5, 0.6) is 11.5 Å². The molecule has 7 heteroatoms. The fourth-order valence-electron chi connectivity index (χ4n) is 1.30. The Bertz CT molecular complexity index is 439. The zero-order valence-corrected chi connectivity index (χ0v) is 11.0. The molecule has 0 heterocycles. The predicted octanol–water partition coefficient (Wildman–Crippen LogP) is 0.111. The lowest BCUT2D eigenvalue weighted by Crippen LogP contribution is -2.43. The van der Waals surface area contributed by atoms with Gasteiger partial charge in [-0.15, -0.1) is 0 Å². The molecule has 2 amide bonds. The molecule has 0 atom stereocenters. The van der Waals surface area contributed by atoms with E-state index in [1.165, 1.54) is 33.5 Å². The molecule has 0 unspecified atom stereocenters. The summed E-state index contributed by atoms with van der Waals surface area (Å²) < 4.78 is 14.7. The standard InChI is InChI=1S/C12H16N2O5/c1-17-7-11(15)13-14-12(16)8-4-9(18-2)6-10(5-8)19-3/h4-6H,7H2,1-3H3,(H,13,15)(H,14,16). The van der Waals surface area contributed by atoms with E-state index in [0.29, 0.717) is 17.1 Å². The summed E-state index contributed by atoms with van der Waals surface area (Å²) in [7, 11) is 4.35. The summed E-state index contributed by atoms with van der Waals surface area (Å²) in [6.45, 7) is -0.137. The molecule has 0 saturated carbocycles. The molecule has 104 valence electrons. The van der Waals surface area contributed by atoms with Gasteiger partial charge in [-0.1, -0.05) is 0 Å². The van der Waals surface area contributed by atoms with Crippen molar-refractivity contribution < 1.29 is 23.8 Å². The highest BCUT2D eigenvalue weighted by atomic mass is 16.5. The first-order valence-electron chi connectivity index (χ1n) is 5.42. The van der Waals surface area contributed by atoms with Gasteiger partial charge in [-0.05, 0) is 12.1 Å². The highest BCUT2D eigenvalue weighted by molar-refractivity contribution is 5.96. The fraction of sp³-hybridized carbons (Fsp3) is 0.333. The van der Waals surface area contributed by atoms with E-state index in [1.54, 1.807) is 6.07 Å². The second-order valence-corrected chi connectivity index (χ2v) is 3.54. The van der Waals surface area contributed by atoms with E-state index < -0.39 is 11.8 Å². The van der Waals surface area contributed by atoms with Crippen LogP contribution in [0.25, 0.3) is 0 Å². The number of nitrogens with one attached hydrogen (secondary N) is 2. The maximum absolute atomic E-state index is 11.8. The monoisotopic (exact) mass is 268 g/mol. The van der Waals surface area contributed by atoms with Gasteiger partial charge < -0.3 is 14.2 Å². The van der Waals surface area contributed by atoms with Gasteiger partial charge in [-0.3, -0.25) is 20.4 Å². The number of amides is 2. The Hall–Kier alpha value is -2.28. The van der Waals surface area contributed by atoms with Crippen LogP contribution in [-0.2, 0) is 9.53 Å². The van der Waals surface area contributed by atoms with Crippen molar-refractivity contribution in [1.82, 2.24) is 10.9 Å².